The van der Waals surface area contributed by atoms with Gasteiger partial charge in [0, 0.05) is 30.0 Å². The molecule has 2 aliphatic heterocycles. The lowest BCUT2D eigenvalue weighted by Crippen LogP contribution is -2.21. The zero-order valence-electron chi connectivity index (χ0n) is 27.6. The van der Waals surface area contributed by atoms with Gasteiger partial charge in [0.2, 0.25) is 0 Å². The first-order chi connectivity index (χ1) is 22.5. The summed E-state index contributed by atoms with van der Waals surface area (Å²) in [6.07, 6.45) is 7.68. The number of allylic oxidation sites excluding steroid dienone is 2. The maximum absolute atomic E-state index is 6.43. The molecule has 2 N–H and O–H groups in total. The Balaban J connectivity index is 1.35. The summed E-state index contributed by atoms with van der Waals surface area (Å²) in [5.74, 6) is 0. The highest BCUT2D eigenvalue weighted by molar-refractivity contribution is 6.11. The van der Waals surface area contributed by atoms with E-state index >= 15 is 0 Å². The van der Waals surface area contributed by atoms with E-state index in [-0.39, 0.29) is 12.5 Å². The molecule has 0 amide bonds. The fourth-order valence-electron chi connectivity index (χ4n) is 6.37. The van der Waals surface area contributed by atoms with Gasteiger partial charge >= 0.3 is 0 Å². The quantitative estimate of drug-likeness (QED) is 0.190. The van der Waals surface area contributed by atoms with E-state index in [0.29, 0.717) is 0 Å². The summed E-state index contributed by atoms with van der Waals surface area (Å²) in [6, 6.07) is 20.7. The third-order valence-electron chi connectivity index (χ3n) is 9.09. The number of ether oxygens (including phenoxy) is 2. The summed E-state index contributed by atoms with van der Waals surface area (Å²) in [7, 11) is 0. The highest BCUT2D eigenvalue weighted by Crippen LogP contribution is 2.33. The third-order valence-corrected chi connectivity index (χ3v) is 9.09. The minimum Gasteiger partial charge on any atom is -0.402 e. The average molecular weight is 619 g/mol. The number of aromatic nitrogens is 4. The van der Waals surface area contributed by atoms with Crippen LogP contribution in [0.15, 0.2) is 76.9 Å². The van der Waals surface area contributed by atoms with Gasteiger partial charge in [0.05, 0.1) is 39.9 Å². The SMILES string of the molecule is CCC(N)=C(C)C(=NC1CCCCO1)c1cccc(-c2cccc(-c3cccc(-c4c(C)c(CC)nn4C4CCCCO4)n3)c2)n1. The van der Waals surface area contributed by atoms with Crippen LogP contribution in [0.2, 0.25) is 0 Å². The lowest BCUT2D eigenvalue weighted by Gasteiger charge is -2.24. The number of hydrogen-bond acceptors (Lipinski definition) is 7. The summed E-state index contributed by atoms with van der Waals surface area (Å²) in [6.45, 7) is 9.90. The van der Waals surface area contributed by atoms with Gasteiger partial charge < -0.3 is 15.2 Å². The van der Waals surface area contributed by atoms with Crippen molar-refractivity contribution in [2.24, 2.45) is 10.7 Å². The van der Waals surface area contributed by atoms with Gasteiger partial charge in [0.1, 0.15) is 6.23 Å². The van der Waals surface area contributed by atoms with Crippen molar-refractivity contribution in [1.82, 2.24) is 19.7 Å². The molecule has 3 aromatic heterocycles. The molecule has 1 aromatic carbocycles. The minimum absolute atomic E-state index is 0.0563. The second kappa shape index (κ2) is 14.5. The largest absolute Gasteiger partial charge is 0.402 e. The molecular weight excluding hydrogens is 572 g/mol. The van der Waals surface area contributed by atoms with E-state index in [9.17, 15) is 0 Å². The van der Waals surface area contributed by atoms with Crippen molar-refractivity contribution in [3.63, 3.8) is 0 Å². The van der Waals surface area contributed by atoms with E-state index in [1.807, 2.05) is 25.1 Å². The number of hydrogen-bond donors (Lipinski definition) is 1. The van der Waals surface area contributed by atoms with E-state index in [0.717, 1.165) is 127 Å². The standard InChI is InChI=1S/C38H46N6O2/c1-5-29(39)25(3)37(42-35-20-7-9-22-45-35)33-18-12-16-31(40-33)27-14-11-15-28(24-27)32-17-13-19-34(41-32)38-26(4)30(6-2)43-44(38)36-21-8-10-23-46-36/h11-19,24,35-36H,5-10,20-23,39H2,1-4H3. The molecule has 240 valence electrons. The Morgan fingerprint density at radius 3 is 2.22 bits per heavy atom. The Hall–Kier alpha value is -4.14. The first-order valence-electron chi connectivity index (χ1n) is 16.9. The minimum atomic E-state index is -0.173. The van der Waals surface area contributed by atoms with Crippen molar-refractivity contribution in [2.45, 2.75) is 91.5 Å². The molecule has 6 rings (SSSR count). The van der Waals surface area contributed by atoms with Crippen molar-refractivity contribution in [1.29, 1.82) is 0 Å². The second-order valence-corrected chi connectivity index (χ2v) is 12.2. The Labute approximate surface area is 272 Å². The highest BCUT2D eigenvalue weighted by atomic mass is 16.5. The smallest absolute Gasteiger partial charge is 0.150 e. The Morgan fingerprint density at radius 2 is 1.54 bits per heavy atom. The van der Waals surface area contributed by atoms with Crippen LogP contribution >= 0.6 is 0 Å². The molecule has 2 fully saturated rings. The van der Waals surface area contributed by atoms with Crippen LogP contribution in [0.25, 0.3) is 33.9 Å². The van der Waals surface area contributed by atoms with Crippen LogP contribution in [0, 0.1) is 6.92 Å². The predicted molar refractivity (Wildman–Crippen MR) is 184 cm³/mol. The van der Waals surface area contributed by atoms with Crippen molar-refractivity contribution in [3.8, 4) is 33.9 Å². The molecule has 2 aliphatic rings. The monoisotopic (exact) mass is 618 g/mol. The normalized spacial score (nSPS) is 19.6. The van der Waals surface area contributed by atoms with Crippen LogP contribution in [-0.4, -0.2) is 44.9 Å². The fourth-order valence-corrected chi connectivity index (χ4v) is 6.37. The van der Waals surface area contributed by atoms with Gasteiger partial charge in [-0.1, -0.05) is 44.2 Å². The summed E-state index contributed by atoms with van der Waals surface area (Å²) in [4.78, 5) is 15.3. The summed E-state index contributed by atoms with van der Waals surface area (Å²) in [5.41, 5.74) is 17.8. The van der Waals surface area contributed by atoms with Gasteiger partial charge in [-0.05, 0) is 107 Å². The van der Waals surface area contributed by atoms with Gasteiger partial charge in [-0.25, -0.2) is 14.6 Å². The van der Waals surface area contributed by atoms with Gasteiger partial charge in [0.25, 0.3) is 0 Å². The van der Waals surface area contributed by atoms with Crippen LogP contribution < -0.4 is 5.73 Å². The number of aliphatic imine (C=N–C) groups is 1. The number of nitrogens with two attached hydrogens (primary N) is 1. The molecule has 4 aromatic rings. The number of aryl methyl sites for hydroxylation is 1. The topological polar surface area (TPSA) is 100 Å². The average Bonchev–Trinajstić information content (AvgIpc) is 3.46. The molecule has 8 heteroatoms. The zero-order valence-corrected chi connectivity index (χ0v) is 27.6. The van der Waals surface area contributed by atoms with Crippen LogP contribution in [0.5, 0.6) is 0 Å². The molecule has 0 radical (unpaired) electrons. The Bertz CT molecular complexity index is 1730. The van der Waals surface area contributed by atoms with Crippen molar-refractivity contribution in [3.05, 3.63) is 88.9 Å². The molecule has 0 saturated carbocycles. The van der Waals surface area contributed by atoms with Crippen LogP contribution in [-0.2, 0) is 15.9 Å². The summed E-state index contributed by atoms with van der Waals surface area (Å²) < 4.78 is 14.2. The maximum atomic E-state index is 6.43. The lowest BCUT2D eigenvalue weighted by atomic mass is 10.0. The Morgan fingerprint density at radius 1 is 0.870 bits per heavy atom. The zero-order chi connectivity index (χ0) is 32.0. The van der Waals surface area contributed by atoms with Crippen molar-refractivity contribution >= 4 is 5.71 Å². The lowest BCUT2D eigenvalue weighted by molar-refractivity contribution is -0.0386. The van der Waals surface area contributed by atoms with Crippen LogP contribution in [0.3, 0.4) is 0 Å². The van der Waals surface area contributed by atoms with E-state index in [1.54, 1.807) is 0 Å². The van der Waals surface area contributed by atoms with Crippen LogP contribution in [0.4, 0.5) is 0 Å². The van der Waals surface area contributed by atoms with Crippen molar-refractivity contribution < 1.29 is 9.47 Å². The maximum Gasteiger partial charge on any atom is 0.150 e. The van der Waals surface area contributed by atoms with E-state index in [4.69, 9.17) is 35.3 Å². The number of rotatable bonds is 9. The molecule has 5 heterocycles. The third kappa shape index (κ3) is 6.83. The van der Waals surface area contributed by atoms with Gasteiger partial charge in [-0.3, -0.25) is 4.99 Å². The van der Waals surface area contributed by atoms with Gasteiger partial charge in [0.15, 0.2) is 6.23 Å². The first-order valence-corrected chi connectivity index (χ1v) is 16.9. The fraction of sp³-hybridized carbons (Fsp3) is 0.421. The number of pyridine rings is 2. The van der Waals surface area contributed by atoms with E-state index in [1.165, 1.54) is 5.56 Å². The van der Waals surface area contributed by atoms with E-state index < -0.39 is 0 Å². The van der Waals surface area contributed by atoms with Crippen molar-refractivity contribution in [2.75, 3.05) is 13.2 Å². The molecular formula is C38H46N6O2. The number of nitrogens with zero attached hydrogens (tertiary/aromatic N) is 5. The summed E-state index contributed by atoms with van der Waals surface area (Å²) in [5, 5.41) is 4.99. The molecule has 2 unspecified atom stereocenters. The number of benzene rings is 1. The van der Waals surface area contributed by atoms with Crippen LogP contribution in [0.1, 0.15) is 88.9 Å². The van der Waals surface area contributed by atoms with Gasteiger partial charge in [-0.15, -0.1) is 0 Å². The highest BCUT2D eigenvalue weighted by Gasteiger charge is 2.25. The summed E-state index contributed by atoms with van der Waals surface area (Å²) >= 11 is 0. The molecule has 0 aliphatic carbocycles. The molecule has 2 atom stereocenters. The predicted octanol–water partition coefficient (Wildman–Crippen LogP) is 8.20. The molecule has 0 spiro atoms. The Kier molecular flexibility index (Phi) is 10.0. The van der Waals surface area contributed by atoms with Gasteiger partial charge in [-0.2, -0.15) is 5.10 Å². The molecule has 0 bridgehead atoms. The molecule has 2 saturated heterocycles. The van der Waals surface area contributed by atoms with E-state index in [2.05, 4.69) is 67.9 Å². The molecule has 8 nitrogen and oxygen atoms in total. The molecule has 46 heavy (non-hydrogen) atoms. The second-order valence-electron chi connectivity index (χ2n) is 12.2. The first kappa shape index (κ1) is 31.8.